The number of carbonyl (C=O) groups is 4. The van der Waals surface area contributed by atoms with Gasteiger partial charge in [-0.3, -0.25) is 23.9 Å². The molecule has 0 radical (unpaired) electrons. The maximum atomic E-state index is 13.0. The third-order valence-corrected chi connectivity index (χ3v) is 9.02. The number of hydrogen-bond acceptors (Lipinski definition) is 10. The Morgan fingerprint density at radius 2 is 1.57 bits per heavy atom. The largest absolute Gasteiger partial charge is 0.447 e. The number of likely N-dealkylation sites (tertiary alicyclic amines) is 1. The number of fused-ring (bicyclic) bond motifs is 3. The lowest BCUT2D eigenvalue weighted by molar-refractivity contribution is -0.277. The molecule has 2 aliphatic heterocycles. The Labute approximate surface area is 246 Å². The van der Waals surface area contributed by atoms with E-state index in [1.165, 1.54) is 27.7 Å². The van der Waals surface area contributed by atoms with Crippen molar-refractivity contribution in [2.75, 3.05) is 19.6 Å². The zero-order valence-electron chi connectivity index (χ0n) is 25.5. The van der Waals surface area contributed by atoms with Gasteiger partial charge >= 0.3 is 5.97 Å². The van der Waals surface area contributed by atoms with E-state index in [9.17, 15) is 19.2 Å². The fourth-order valence-corrected chi connectivity index (χ4v) is 7.23. The average molecular weight is 583 g/mol. The number of aryl methyl sites for hydroxylation is 2. The predicted octanol–water partition coefficient (Wildman–Crippen LogP) is 3.29. The van der Waals surface area contributed by atoms with Crippen molar-refractivity contribution in [3.63, 3.8) is 0 Å². The topological polar surface area (TPSA) is 130 Å². The van der Waals surface area contributed by atoms with E-state index in [4.69, 9.17) is 24.3 Å². The molecular weight excluding hydrogens is 540 g/mol. The minimum absolute atomic E-state index is 0.326. The standard InChI is InChI=1S/C31H42N4O7/c1-7-13-35-14-12-20(15-35)27-26-21-10-8-9-11-22(21)29(32-28(26)34(6)33-27)41-31-25(18(4)38)23(16(2)36)24(17(3)37)30(42-31)40-19(5)39/h20,23-25,30-31H,7-15H2,1-6H3/t20-,23-,24+,25-,30-,31+/m1/s1. The number of esters is 1. The molecule has 0 saturated carbocycles. The second kappa shape index (κ2) is 12.2. The molecule has 2 aromatic rings. The predicted molar refractivity (Wildman–Crippen MR) is 153 cm³/mol. The molecule has 4 heterocycles. The highest BCUT2D eigenvalue weighted by Crippen LogP contribution is 2.43. The minimum atomic E-state index is -1.37. The first-order chi connectivity index (χ1) is 20.0. The molecule has 0 N–H and O–H groups in total. The summed E-state index contributed by atoms with van der Waals surface area (Å²) in [5.74, 6) is -4.43. The van der Waals surface area contributed by atoms with Crippen LogP contribution < -0.4 is 4.74 Å². The summed E-state index contributed by atoms with van der Waals surface area (Å²) in [4.78, 5) is 58.0. The van der Waals surface area contributed by atoms with Gasteiger partial charge in [0.15, 0.2) is 5.65 Å². The number of nitrogens with zero attached hydrogens (tertiary/aromatic N) is 4. The van der Waals surface area contributed by atoms with E-state index in [-0.39, 0.29) is 11.6 Å². The lowest BCUT2D eigenvalue weighted by Crippen LogP contribution is -2.57. The number of carbonyl (C=O) groups excluding carboxylic acids is 4. The van der Waals surface area contributed by atoms with Gasteiger partial charge in [-0.2, -0.15) is 10.1 Å². The Morgan fingerprint density at radius 1 is 0.929 bits per heavy atom. The molecule has 0 aromatic carbocycles. The summed E-state index contributed by atoms with van der Waals surface area (Å²) in [5, 5.41) is 6.05. The number of pyridine rings is 1. The molecule has 1 aliphatic carbocycles. The van der Waals surface area contributed by atoms with Crippen molar-refractivity contribution in [1.82, 2.24) is 19.7 Å². The maximum Gasteiger partial charge on any atom is 0.304 e. The molecule has 2 saturated heterocycles. The molecule has 42 heavy (non-hydrogen) atoms. The van der Waals surface area contributed by atoms with Crippen LogP contribution in [0.3, 0.4) is 0 Å². The molecule has 0 bridgehead atoms. The van der Waals surface area contributed by atoms with E-state index in [2.05, 4.69) is 11.8 Å². The van der Waals surface area contributed by atoms with Gasteiger partial charge in [0, 0.05) is 43.3 Å². The van der Waals surface area contributed by atoms with Gasteiger partial charge in [-0.15, -0.1) is 0 Å². The first kappa shape index (κ1) is 30.3. The molecule has 11 nitrogen and oxygen atoms in total. The fourth-order valence-electron chi connectivity index (χ4n) is 7.23. The SMILES string of the molecule is CCCN1CC[C@@H](c2nn(C)c3nc(O[C@H]4O[C@@H](OC(C)=O)[C@@H](C(C)=O)[C@@H](C(C)=O)[C@H]4C(C)=O)c4c(c23)CCCC4)C1. The van der Waals surface area contributed by atoms with Gasteiger partial charge in [-0.05, 0) is 77.9 Å². The summed E-state index contributed by atoms with van der Waals surface area (Å²) in [5.41, 5.74) is 3.89. The highest BCUT2D eigenvalue weighted by atomic mass is 16.8. The van der Waals surface area contributed by atoms with Crippen LogP contribution in [0.5, 0.6) is 5.88 Å². The molecule has 3 aliphatic rings. The van der Waals surface area contributed by atoms with Crippen LogP contribution in [0.4, 0.5) is 0 Å². The quantitative estimate of drug-likeness (QED) is 0.406. The second-order valence-electron chi connectivity index (χ2n) is 12.1. The lowest BCUT2D eigenvalue weighted by atomic mass is 9.73. The second-order valence-corrected chi connectivity index (χ2v) is 12.1. The fraction of sp³-hybridized carbons (Fsp3) is 0.677. The van der Waals surface area contributed by atoms with E-state index in [0.29, 0.717) is 17.4 Å². The first-order valence-electron chi connectivity index (χ1n) is 15.1. The van der Waals surface area contributed by atoms with Gasteiger partial charge < -0.3 is 19.1 Å². The zero-order valence-corrected chi connectivity index (χ0v) is 25.5. The summed E-state index contributed by atoms with van der Waals surface area (Å²) >= 11 is 0. The smallest absolute Gasteiger partial charge is 0.304 e. The average Bonchev–Trinajstić information content (AvgIpc) is 3.52. The molecule has 0 spiro atoms. The van der Waals surface area contributed by atoms with Crippen molar-refractivity contribution in [2.45, 2.75) is 91.6 Å². The summed E-state index contributed by atoms with van der Waals surface area (Å²) in [6, 6.07) is 0. The van der Waals surface area contributed by atoms with Crippen LogP contribution in [0, 0.1) is 17.8 Å². The van der Waals surface area contributed by atoms with Crippen LogP contribution in [-0.4, -0.2) is 75.2 Å². The van der Waals surface area contributed by atoms with E-state index in [0.717, 1.165) is 80.4 Å². The molecule has 11 heteroatoms. The van der Waals surface area contributed by atoms with Crippen molar-refractivity contribution < 1.29 is 33.4 Å². The van der Waals surface area contributed by atoms with Gasteiger partial charge in [0.05, 0.1) is 17.5 Å². The van der Waals surface area contributed by atoms with Gasteiger partial charge in [0.25, 0.3) is 0 Å². The summed E-state index contributed by atoms with van der Waals surface area (Å²) in [6.45, 7) is 10.5. The Bertz CT molecular complexity index is 1400. The normalized spacial score (nSPS) is 28.0. The van der Waals surface area contributed by atoms with E-state index in [1.807, 2.05) is 7.05 Å². The Hall–Kier alpha value is -3.18. The van der Waals surface area contributed by atoms with Crippen LogP contribution in [0.25, 0.3) is 11.0 Å². The van der Waals surface area contributed by atoms with Crippen LogP contribution in [0.2, 0.25) is 0 Å². The minimum Gasteiger partial charge on any atom is -0.447 e. The molecule has 0 unspecified atom stereocenters. The number of ketones is 3. The molecule has 6 atom stereocenters. The number of Topliss-reactive ketones (excluding diaryl/α,β-unsaturated/α-hetero) is 3. The van der Waals surface area contributed by atoms with E-state index >= 15 is 0 Å². The van der Waals surface area contributed by atoms with Crippen LogP contribution >= 0.6 is 0 Å². The summed E-state index contributed by atoms with van der Waals surface area (Å²) in [7, 11) is 1.88. The van der Waals surface area contributed by atoms with Crippen molar-refractivity contribution in [1.29, 1.82) is 0 Å². The highest BCUT2D eigenvalue weighted by molar-refractivity contribution is 5.93. The van der Waals surface area contributed by atoms with Gasteiger partial charge in [-0.1, -0.05) is 6.92 Å². The highest BCUT2D eigenvalue weighted by Gasteiger charge is 2.54. The van der Waals surface area contributed by atoms with Gasteiger partial charge in [0.1, 0.15) is 17.3 Å². The summed E-state index contributed by atoms with van der Waals surface area (Å²) in [6.07, 6.45) is 3.11. The van der Waals surface area contributed by atoms with Crippen LogP contribution in [0.1, 0.15) is 83.0 Å². The van der Waals surface area contributed by atoms with E-state index < -0.39 is 42.1 Å². The maximum absolute atomic E-state index is 13.0. The molecular formula is C31H42N4O7. The zero-order chi connectivity index (χ0) is 30.3. The first-order valence-corrected chi connectivity index (χ1v) is 15.1. The molecule has 2 aromatic heterocycles. The van der Waals surface area contributed by atoms with Crippen molar-refractivity contribution in [2.24, 2.45) is 24.8 Å². The third kappa shape index (κ3) is 5.60. The van der Waals surface area contributed by atoms with Crippen molar-refractivity contribution in [3.05, 3.63) is 16.8 Å². The van der Waals surface area contributed by atoms with Gasteiger partial charge in [-0.25, -0.2) is 0 Å². The molecule has 0 amide bonds. The third-order valence-electron chi connectivity index (χ3n) is 9.02. The number of hydrogen-bond donors (Lipinski definition) is 0. The molecule has 2 fully saturated rings. The number of aromatic nitrogens is 3. The Kier molecular flexibility index (Phi) is 8.80. The molecule has 228 valence electrons. The summed E-state index contributed by atoms with van der Waals surface area (Å²) < 4.78 is 19.7. The Balaban J connectivity index is 1.57. The molecule has 5 rings (SSSR count). The lowest BCUT2D eigenvalue weighted by Gasteiger charge is -2.43. The van der Waals surface area contributed by atoms with Gasteiger partial charge in [0.2, 0.25) is 18.5 Å². The van der Waals surface area contributed by atoms with Crippen LogP contribution in [0.15, 0.2) is 0 Å². The van der Waals surface area contributed by atoms with Crippen molar-refractivity contribution in [3.8, 4) is 5.88 Å². The van der Waals surface area contributed by atoms with Crippen LogP contribution in [-0.2, 0) is 48.5 Å². The van der Waals surface area contributed by atoms with Crippen molar-refractivity contribution >= 4 is 34.4 Å². The number of rotatable bonds is 9. The Morgan fingerprint density at radius 3 is 2.19 bits per heavy atom. The monoisotopic (exact) mass is 582 g/mol. The number of ether oxygens (including phenoxy) is 3. The van der Waals surface area contributed by atoms with E-state index in [1.54, 1.807) is 4.68 Å².